The van der Waals surface area contributed by atoms with Gasteiger partial charge in [-0.2, -0.15) is 0 Å². The van der Waals surface area contributed by atoms with Crippen molar-refractivity contribution in [3.8, 4) is 0 Å². The van der Waals surface area contributed by atoms with Crippen LogP contribution in [0.3, 0.4) is 0 Å². The van der Waals surface area contributed by atoms with Crippen LogP contribution < -0.4 is 5.32 Å². The first-order valence-electron chi connectivity index (χ1n) is 10.7. The summed E-state index contributed by atoms with van der Waals surface area (Å²) in [5.74, 6) is -0.0722. The molecule has 1 saturated carbocycles. The second-order valence-electron chi connectivity index (χ2n) is 8.59. The molecule has 164 valence electrons. The summed E-state index contributed by atoms with van der Waals surface area (Å²) in [6.07, 6.45) is 4.39. The van der Waals surface area contributed by atoms with Crippen LogP contribution in [0, 0.1) is 5.82 Å². The quantitative estimate of drug-likeness (QED) is 0.783. The van der Waals surface area contributed by atoms with Gasteiger partial charge in [-0.05, 0) is 60.9 Å². The van der Waals surface area contributed by atoms with Gasteiger partial charge in [-0.25, -0.2) is 21.9 Å². The lowest BCUT2D eigenvalue weighted by Gasteiger charge is -2.31. The minimum Gasteiger partial charge on any atom is -0.314 e. The Morgan fingerprint density at radius 2 is 1.77 bits per heavy atom. The van der Waals surface area contributed by atoms with Crippen LogP contribution in [0.5, 0.6) is 0 Å². The second-order valence-corrected chi connectivity index (χ2v) is 10.8. The van der Waals surface area contributed by atoms with E-state index in [9.17, 15) is 17.6 Å². The zero-order chi connectivity index (χ0) is 21.6. The number of nitrogens with one attached hydrogen (secondary N) is 1. The summed E-state index contributed by atoms with van der Waals surface area (Å²) in [5, 5.41) is 2.74. The maximum atomic E-state index is 13.3. The summed E-state index contributed by atoms with van der Waals surface area (Å²) in [5.41, 5.74) is 3.31. The molecule has 1 aliphatic carbocycles. The highest BCUT2D eigenvalue weighted by Gasteiger charge is 2.41. The lowest BCUT2D eigenvalue weighted by molar-refractivity contribution is 0.212. The molecule has 2 amide bonds. The third kappa shape index (κ3) is 4.16. The third-order valence-electron chi connectivity index (χ3n) is 6.41. The van der Waals surface area contributed by atoms with E-state index in [-0.39, 0.29) is 11.3 Å². The van der Waals surface area contributed by atoms with Crippen LogP contribution in [-0.2, 0) is 23.1 Å². The molecule has 9 heteroatoms. The highest BCUT2D eigenvalue weighted by Crippen LogP contribution is 2.35. The van der Waals surface area contributed by atoms with Crippen LogP contribution in [0.15, 0.2) is 36.5 Å². The number of halogens is 1. The fraction of sp³-hybridized carbons (Fsp3) is 0.455. The van der Waals surface area contributed by atoms with Gasteiger partial charge in [0.25, 0.3) is 0 Å². The fourth-order valence-electron chi connectivity index (χ4n) is 4.44. The minimum absolute atomic E-state index is 0.148. The summed E-state index contributed by atoms with van der Waals surface area (Å²) in [7, 11) is -3.09. The molecule has 2 aliphatic heterocycles. The fourth-order valence-corrected chi connectivity index (χ4v) is 6.31. The molecule has 7 nitrogen and oxygen atoms in total. The summed E-state index contributed by atoms with van der Waals surface area (Å²) in [6, 6.07) is 8.93. The number of piperidine rings is 1. The Balaban J connectivity index is 1.16. The predicted octanol–water partition coefficient (Wildman–Crippen LogP) is 3.44. The number of benzene rings is 1. The highest BCUT2D eigenvalue weighted by atomic mass is 32.2. The number of amides is 2. The van der Waals surface area contributed by atoms with E-state index in [1.54, 1.807) is 9.21 Å². The molecule has 1 N–H and O–H groups in total. The Hall–Kier alpha value is -2.52. The number of sulfonamides is 1. The maximum absolute atomic E-state index is 13.3. The molecule has 0 radical (unpaired) electrons. The molecule has 0 bridgehead atoms. The number of nitrogens with zero attached hydrogens (tertiary/aromatic N) is 3. The smallest absolute Gasteiger partial charge is 0.314 e. The largest absolute Gasteiger partial charge is 0.322 e. The molecule has 1 saturated heterocycles. The van der Waals surface area contributed by atoms with Gasteiger partial charge in [0.05, 0.1) is 23.7 Å². The molecule has 1 aromatic heterocycles. The maximum Gasteiger partial charge on any atom is 0.322 e. The second kappa shape index (κ2) is 7.87. The highest BCUT2D eigenvalue weighted by molar-refractivity contribution is 7.90. The van der Waals surface area contributed by atoms with E-state index in [4.69, 9.17) is 0 Å². The SMILES string of the molecule is O=C(Nc1ccc(C2CCN(S(=O)(=O)C3CC3)CC2)cc1)N1Cc2cc(F)cnc2C1. The van der Waals surface area contributed by atoms with Crippen molar-refractivity contribution in [2.24, 2.45) is 0 Å². The lowest BCUT2D eigenvalue weighted by Crippen LogP contribution is -2.39. The van der Waals surface area contributed by atoms with Gasteiger partial charge in [0, 0.05) is 25.3 Å². The number of aromatic nitrogens is 1. The van der Waals surface area contributed by atoms with Crippen molar-refractivity contribution < 1.29 is 17.6 Å². The number of anilines is 1. The summed E-state index contributed by atoms with van der Waals surface area (Å²) < 4.78 is 39.8. The number of pyridine rings is 1. The van der Waals surface area contributed by atoms with Gasteiger partial charge < -0.3 is 10.2 Å². The number of carbonyl (C=O) groups excluding carboxylic acids is 1. The van der Waals surface area contributed by atoms with Gasteiger partial charge >= 0.3 is 6.03 Å². The summed E-state index contributed by atoms with van der Waals surface area (Å²) in [4.78, 5) is 18.2. The molecule has 1 aromatic carbocycles. The Morgan fingerprint density at radius 1 is 1.06 bits per heavy atom. The van der Waals surface area contributed by atoms with Crippen molar-refractivity contribution in [2.45, 2.75) is 49.9 Å². The van der Waals surface area contributed by atoms with Gasteiger partial charge in [-0.1, -0.05) is 12.1 Å². The van der Waals surface area contributed by atoms with Crippen LogP contribution in [-0.4, -0.2) is 47.0 Å². The first-order chi connectivity index (χ1) is 14.9. The standard InChI is InChI=1S/C22H25FN4O3S/c23-18-11-17-13-26(14-21(17)24-12-18)22(28)25-19-3-1-15(2-4-19)16-7-9-27(10-8-16)31(29,30)20-5-6-20/h1-4,11-12,16,20H,5-10,13-14H2,(H,25,28). The molecular weight excluding hydrogens is 419 g/mol. The average molecular weight is 445 g/mol. The van der Waals surface area contributed by atoms with Crippen molar-refractivity contribution in [1.29, 1.82) is 0 Å². The van der Waals surface area contributed by atoms with Crippen LogP contribution in [0.4, 0.5) is 14.9 Å². The third-order valence-corrected chi connectivity index (χ3v) is 8.81. The van der Waals surface area contributed by atoms with Crippen LogP contribution >= 0.6 is 0 Å². The number of fused-ring (bicyclic) bond motifs is 1. The van der Waals surface area contributed by atoms with E-state index in [0.717, 1.165) is 42.5 Å². The van der Waals surface area contributed by atoms with E-state index in [1.807, 2.05) is 24.3 Å². The van der Waals surface area contributed by atoms with Crippen molar-refractivity contribution in [1.82, 2.24) is 14.2 Å². The Bertz CT molecular complexity index is 1090. The molecule has 3 heterocycles. The Kier molecular flexibility index (Phi) is 5.18. The van der Waals surface area contributed by atoms with Crippen molar-refractivity contribution in [3.05, 3.63) is 59.2 Å². The zero-order valence-corrected chi connectivity index (χ0v) is 17.9. The molecule has 0 unspecified atom stereocenters. The number of hydrogen-bond donors (Lipinski definition) is 1. The Labute approximate surface area is 181 Å². The van der Waals surface area contributed by atoms with Crippen molar-refractivity contribution >= 4 is 21.7 Å². The van der Waals surface area contributed by atoms with Crippen LogP contribution in [0.1, 0.15) is 48.4 Å². The summed E-state index contributed by atoms with van der Waals surface area (Å²) >= 11 is 0. The van der Waals surface area contributed by atoms with Crippen molar-refractivity contribution in [2.75, 3.05) is 18.4 Å². The molecule has 3 aliphatic rings. The number of hydrogen-bond acceptors (Lipinski definition) is 4. The van der Waals surface area contributed by atoms with E-state index in [2.05, 4.69) is 10.3 Å². The molecule has 5 rings (SSSR count). The Morgan fingerprint density at radius 3 is 2.45 bits per heavy atom. The van der Waals surface area contributed by atoms with Gasteiger partial charge in [-0.3, -0.25) is 4.98 Å². The van der Waals surface area contributed by atoms with E-state index >= 15 is 0 Å². The lowest BCUT2D eigenvalue weighted by atomic mass is 9.90. The van der Waals surface area contributed by atoms with E-state index in [1.165, 1.54) is 12.3 Å². The number of carbonyl (C=O) groups is 1. The average Bonchev–Trinajstić information content (AvgIpc) is 3.55. The van der Waals surface area contributed by atoms with Gasteiger partial charge in [-0.15, -0.1) is 0 Å². The van der Waals surface area contributed by atoms with Gasteiger partial charge in [0.15, 0.2) is 0 Å². The minimum atomic E-state index is -3.09. The van der Waals surface area contributed by atoms with Crippen LogP contribution in [0.2, 0.25) is 0 Å². The molecule has 31 heavy (non-hydrogen) atoms. The molecule has 0 atom stereocenters. The number of rotatable bonds is 4. The zero-order valence-electron chi connectivity index (χ0n) is 17.1. The first-order valence-corrected chi connectivity index (χ1v) is 12.2. The molecule has 0 spiro atoms. The normalized spacial score (nSPS) is 20.0. The van der Waals surface area contributed by atoms with Gasteiger partial charge in [0.2, 0.25) is 10.0 Å². The molecule has 2 aromatic rings. The van der Waals surface area contributed by atoms with Crippen molar-refractivity contribution in [3.63, 3.8) is 0 Å². The summed E-state index contributed by atoms with van der Waals surface area (Å²) in [6.45, 7) is 1.85. The topological polar surface area (TPSA) is 82.6 Å². The monoisotopic (exact) mass is 444 g/mol. The van der Waals surface area contributed by atoms with Gasteiger partial charge in [0.1, 0.15) is 5.82 Å². The van der Waals surface area contributed by atoms with Crippen LogP contribution in [0.25, 0.3) is 0 Å². The van der Waals surface area contributed by atoms with E-state index in [0.29, 0.717) is 37.8 Å². The number of urea groups is 1. The predicted molar refractivity (Wildman–Crippen MR) is 114 cm³/mol. The molecule has 2 fully saturated rings. The van der Waals surface area contributed by atoms with E-state index < -0.39 is 15.8 Å². The molecular formula is C22H25FN4O3S. The first kappa shape index (κ1) is 20.4.